The number of rotatable bonds is 1. The van der Waals surface area contributed by atoms with Gasteiger partial charge >= 0.3 is 0 Å². The van der Waals surface area contributed by atoms with Crippen LogP contribution in [-0.2, 0) is 0 Å². The van der Waals surface area contributed by atoms with Crippen molar-refractivity contribution in [3.05, 3.63) is 30.1 Å². The maximum Gasteiger partial charge on any atom is 0.136 e. The molecule has 0 radical (unpaired) electrons. The number of benzene rings is 1. The second kappa shape index (κ2) is 2.87. The Morgan fingerprint density at radius 3 is 3.00 bits per heavy atom. The molecule has 2 heteroatoms. The third-order valence-electron chi connectivity index (χ3n) is 0.947. The molecule has 0 amide bonds. The third kappa shape index (κ3) is 1.45. The minimum Gasteiger partial charge on any atom is -0.206 e. The van der Waals surface area contributed by atoms with E-state index in [0.29, 0.717) is 11.8 Å². The standard InChI is InChI=1S/C7H7FS/c1-9-7-5-3-2-4-6(7)8/h2-5H,1H3/i1D3. The fourth-order valence-corrected chi connectivity index (χ4v) is 0.840. The van der Waals surface area contributed by atoms with Crippen LogP contribution < -0.4 is 0 Å². The van der Waals surface area contributed by atoms with Gasteiger partial charge in [0, 0.05) is 9.01 Å². The van der Waals surface area contributed by atoms with E-state index in [4.69, 9.17) is 4.11 Å². The fourth-order valence-electron chi connectivity index (χ4n) is 0.528. The second-order valence-electron chi connectivity index (χ2n) is 1.53. The highest BCUT2D eigenvalue weighted by Crippen LogP contribution is 2.17. The van der Waals surface area contributed by atoms with E-state index in [2.05, 4.69) is 0 Å². The molecule has 0 fully saturated rings. The van der Waals surface area contributed by atoms with E-state index in [0.717, 1.165) is 0 Å². The summed E-state index contributed by atoms with van der Waals surface area (Å²) in [6.45, 7) is 0. The van der Waals surface area contributed by atoms with Gasteiger partial charge < -0.3 is 0 Å². The van der Waals surface area contributed by atoms with Gasteiger partial charge in [0.1, 0.15) is 5.82 Å². The van der Waals surface area contributed by atoms with Crippen LogP contribution >= 0.6 is 11.8 Å². The van der Waals surface area contributed by atoms with Crippen molar-refractivity contribution in [2.75, 3.05) is 6.18 Å². The summed E-state index contributed by atoms with van der Waals surface area (Å²) in [7, 11) is 0. The first-order chi connectivity index (χ1) is 5.49. The van der Waals surface area contributed by atoms with E-state index in [1.807, 2.05) is 0 Å². The SMILES string of the molecule is [2H]C([2H])([2H])Sc1ccccc1F. The number of hydrogen-bond acceptors (Lipinski definition) is 1. The lowest BCUT2D eigenvalue weighted by molar-refractivity contribution is 0.602. The minimum atomic E-state index is -2.18. The molecule has 0 unspecified atom stereocenters. The molecule has 0 aliphatic carbocycles. The van der Waals surface area contributed by atoms with Crippen LogP contribution in [0.3, 0.4) is 0 Å². The molecule has 0 aromatic heterocycles. The predicted octanol–water partition coefficient (Wildman–Crippen LogP) is 2.55. The van der Waals surface area contributed by atoms with E-state index in [1.165, 1.54) is 18.2 Å². The Morgan fingerprint density at radius 2 is 2.33 bits per heavy atom. The average molecular weight is 145 g/mol. The van der Waals surface area contributed by atoms with E-state index in [-0.39, 0.29) is 4.90 Å². The molecule has 48 valence electrons. The van der Waals surface area contributed by atoms with Crippen molar-refractivity contribution >= 4 is 11.8 Å². The fraction of sp³-hybridized carbons (Fsp3) is 0.143. The first-order valence-electron chi connectivity index (χ1n) is 3.92. The average Bonchev–Trinajstić information content (AvgIpc) is 1.91. The van der Waals surface area contributed by atoms with Crippen molar-refractivity contribution in [1.82, 2.24) is 0 Å². The Hall–Kier alpha value is -0.500. The number of halogens is 1. The van der Waals surface area contributed by atoms with Crippen molar-refractivity contribution in [3.8, 4) is 0 Å². The monoisotopic (exact) mass is 145 g/mol. The van der Waals surface area contributed by atoms with Crippen molar-refractivity contribution in [3.63, 3.8) is 0 Å². The van der Waals surface area contributed by atoms with Gasteiger partial charge in [0.2, 0.25) is 0 Å². The van der Waals surface area contributed by atoms with Crippen molar-refractivity contribution in [1.29, 1.82) is 0 Å². The van der Waals surface area contributed by atoms with Gasteiger partial charge in [0.25, 0.3) is 0 Å². The van der Waals surface area contributed by atoms with Crippen LogP contribution in [0.25, 0.3) is 0 Å². The van der Waals surface area contributed by atoms with Gasteiger partial charge in [0.05, 0.1) is 0 Å². The molecule has 1 aromatic carbocycles. The molecule has 0 aliphatic rings. The molecular weight excluding hydrogens is 135 g/mol. The molecule has 0 saturated carbocycles. The summed E-state index contributed by atoms with van der Waals surface area (Å²) < 4.78 is 33.5. The predicted molar refractivity (Wildman–Crippen MR) is 38.2 cm³/mol. The Morgan fingerprint density at radius 1 is 1.56 bits per heavy atom. The summed E-state index contributed by atoms with van der Waals surface area (Å²) in [6, 6.07) is 5.83. The zero-order valence-electron chi connectivity index (χ0n) is 7.60. The highest BCUT2D eigenvalue weighted by Gasteiger charge is 1.94. The summed E-state index contributed by atoms with van der Waals surface area (Å²) in [5.41, 5.74) is 0. The van der Waals surface area contributed by atoms with Gasteiger partial charge in [-0.1, -0.05) is 12.1 Å². The van der Waals surface area contributed by atoms with Crippen LogP contribution in [0, 0.1) is 5.82 Å². The largest absolute Gasteiger partial charge is 0.206 e. The Kier molecular flexibility index (Phi) is 1.15. The van der Waals surface area contributed by atoms with Crippen molar-refractivity contribution in [2.24, 2.45) is 0 Å². The molecule has 0 atom stereocenters. The van der Waals surface area contributed by atoms with Gasteiger partial charge in [-0.3, -0.25) is 0 Å². The van der Waals surface area contributed by atoms with Crippen LogP contribution in [0.1, 0.15) is 4.11 Å². The zero-order chi connectivity index (χ0) is 9.19. The Bertz CT molecular complexity index is 272. The van der Waals surface area contributed by atoms with Gasteiger partial charge in [0.15, 0.2) is 0 Å². The molecule has 1 rings (SSSR count). The molecule has 0 bridgehead atoms. The summed E-state index contributed by atoms with van der Waals surface area (Å²) in [6.07, 6.45) is -2.18. The quantitative estimate of drug-likeness (QED) is 0.547. The summed E-state index contributed by atoms with van der Waals surface area (Å²) in [5.74, 6) is -0.487. The smallest absolute Gasteiger partial charge is 0.136 e. The Labute approximate surface area is 62.3 Å². The molecule has 0 spiro atoms. The molecule has 0 N–H and O–H groups in total. The van der Waals surface area contributed by atoms with E-state index < -0.39 is 12.0 Å². The first-order valence-corrected chi connectivity index (χ1v) is 3.24. The van der Waals surface area contributed by atoms with Crippen LogP contribution in [0.2, 0.25) is 0 Å². The summed E-state index contributed by atoms with van der Waals surface area (Å²) >= 11 is 0.552. The molecule has 0 saturated heterocycles. The van der Waals surface area contributed by atoms with E-state index in [1.54, 1.807) is 6.07 Å². The van der Waals surface area contributed by atoms with E-state index >= 15 is 0 Å². The topological polar surface area (TPSA) is 0 Å². The second-order valence-corrected chi connectivity index (χ2v) is 2.18. The van der Waals surface area contributed by atoms with Crippen LogP contribution in [0.5, 0.6) is 0 Å². The molecule has 0 aliphatic heterocycles. The third-order valence-corrected chi connectivity index (χ3v) is 1.50. The Balaban J connectivity index is 2.83. The maximum atomic E-state index is 12.8. The molecule has 0 nitrogen and oxygen atoms in total. The summed E-state index contributed by atoms with van der Waals surface area (Å²) in [5, 5.41) is 0. The van der Waals surface area contributed by atoms with Gasteiger partial charge in [-0.15, -0.1) is 11.8 Å². The molecular formula is C7H7FS. The van der Waals surface area contributed by atoms with Gasteiger partial charge in [-0.25, -0.2) is 4.39 Å². The minimum absolute atomic E-state index is 0.164. The van der Waals surface area contributed by atoms with E-state index in [9.17, 15) is 4.39 Å². The van der Waals surface area contributed by atoms with Gasteiger partial charge in [-0.2, -0.15) is 0 Å². The number of thioether (sulfide) groups is 1. The van der Waals surface area contributed by atoms with Crippen molar-refractivity contribution < 1.29 is 8.50 Å². The lowest BCUT2D eigenvalue weighted by atomic mass is 10.4. The number of hydrogen-bond donors (Lipinski definition) is 0. The maximum absolute atomic E-state index is 12.8. The first kappa shape index (κ1) is 3.62. The van der Waals surface area contributed by atoms with Crippen LogP contribution in [0.15, 0.2) is 29.2 Å². The highest BCUT2D eigenvalue weighted by molar-refractivity contribution is 7.98. The van der Waals surface area contributed by atoms with Crippen LogP contribution in [0.4, 0.5) is 4.39 Å². The lowest BCUT2D eigenvalue weighted by Crippen LogP contribution is -1.75. The van der Waals surface area contributed by atoms with Crippen molar-refractivity contribution in [2.45, 2.75) is 4.90 Å². The molecule has 0 heterocycles. The lowest BCUT2D eigenvalue weighted by Gasteiger charge is -1.94. The van der Waals surface area contributed by atoms with Crippen LogP contribution in [-0.4, -0.2) is 6.18 Å². The zero-order valence-corrected chi connectivity index (χ0v) is 5.41. The molecule has 1 aromatic rings. The van der Waals surface area contributed by atoms with Gasteiger partial charge in [-0.05, 0) is 18.3 Å². The molecule has 9 heavy (non-hydrogen) atoms. The highest BCUT2D eigenvalue weighted by atomic mass is 32.2. The normalized spacial score (nSPS) is 15.9. The summed E-state index contributed by atoms with van der Waals surface area (Å²) in [4.78, 5) is 0.164.